The number of benzene rings is 2. The average Bonchev–Trinajstić information content (AvgIpc) is 2.97. The third-order valence-electron chi connectivity index (χ3n) is 5.01. The molecule has 162 valence electrons. The first-order valence-electron chi connectivity index (χ1n) is 10.2. The molecule has 0 aliphatic carbocycles. The van der Waals surface area contributed by atoms with Gasteiger partial charge in [-0.15, -0.1) is 0 Å². The number of imide groups is 1. The second kappa shape index (κ2) is 8.35. The fourth-order valence-electron chi connectivity index (χ4n) is 3.11. The van der Waals surface area contributed by atoms with Crippen molar-refractivity contribution in [3.63, 3.8) is 0 Å². The summed E-state index contributed by atoms with van der Waals surface area (Å²) in [5.74, 6) is -0.649. The lowest BCUT2D eigenvalue weighted by Gasteiger charge is -2.26. The van der Waals surface area contributed by atoms with Crippen LogP contribution in [-0.4, -0.2) is 17.1 Å². The lowest BCUT2D eigenvalue weighted by atomic mass is 9.80. The molecule has 5 nitrogen and oxygen atoms in total. The highest BCUT2D eigenvalue weighted by molar-refractivity contribution is 8.18. The van der Waals surface area contributed by atoms with Gasteiger partial charge < -0.3 is 5.32 Å². The molecule has 0 spiro atoms. The number of carbonyl (C=O) groups excluding carboxylic acids is 3. The summed E-state index contributed by atoms with van der Waals surface area (Å²) in [7, 11) is 0. The van der Waals surface area contributed by atoms with Gasteiger partial charge in [0.05, 0.1) is 4.91 Å². The quantitative estimate of drug-likeness (QED) is 0.591. The summed E-state index contributed by atoms with van der Waals surface area (Å²) in [6.07, 6.45) is 1.61. The molecule has 0 aromatic heterocycles. The molecule has 2 N–H and O–H groups in total. The summed E-state index contributed by atoms with van der Waals surface area (Å²) in [5.41, 5.74) is 4.11. The number of hydrogen-bond acceptors (Lipinski definition) is 4. The Labute approximate surface area is 187 Å². The van der Waals surface area contributed by atoms with E-state index in [2.05, 4.69) is 58.2 Å². The minimum atomic E-state index is -0.418. The van der Waals surface area contributed by atoms with Gasteiger partial charge in [-0.2, -0.15) is 0 Å². The molecular weight excluding hydrogens is 408 g/mol. The fourth-order valence-corrected chi connectivity index (χ4v) is 3.79. The third-order valence-corrected chi connectivity index (χ3v) is 5.82. The molecule has 1 aliphatic rings. The number of amides is 3. The van der Waals surface area contributed by atoms with E-state index >= 15 is 0 Å². The smallest absolute Gasteiger partial charge is 0.290 e. The van der Waals surface area contributed by atoms with Gasteiger partial charge in [0.1, 0.15) is 0 Å². The minimum absolute atomic E-state index is 0.0518. The van der Waals surface area contributed by atoms with E-state index in [0.717, 1.165) is 28.6 Å². The van der Waals surface area contributed by atoms with Gasteiger partial charge in [-0.1, -0.05) is 59.7 Å². The normalized spacial score (nSPS) is 15.9. The van der Waals surface area contributed by atoms with Crippen LogP contribution in [0.3, 0.4) is 0 Å². The number of carbonyl (C=O) groups is 3. The van der Waals surface area contributed by atoms with Crippen LogP contribution in [0.1, 0.15) is 68.6 Å². The number of thioether (sulfide) groups is 1. The van der Waals surface area contributed by atoms with Crippen LogP contribution in [0, 0.1) is 0 Å². The molecule has 31 heavy (non-hydrogen) atoms. The van der Waals surface area contributed by atoms with Crippen LogP contribution in [0.2, 0.25) is 0 Å². The Kier molecular flexibility index (Phi) is 6.14. The summed E-state index contributed by atoms with van der Waals surface area (Å²) < 4.78 is 0. The lowest BCUT2D eigenvalue weighted by molar-refractivity contribution is -0.115. The molecule has 6 heteroatoms. The highest BCUT2D eigenvalue weighted by Gasteiger charge is 2.25. The van der Waals surface area contributed by atoms with Crippen molar-refractivity contribution in [2.75, 3.05) is 5.32 Å². The van der Waals surface area contributed by atoms with E-state index in [9.17, 15) is 14.4 Å². The van der Waals surface area contributed by atoms with E-state index in [4.69, 9.17) is 0 Å². The van der Waals surface area contributed by atoms with Crippen molar-refractivity contribution in [2.45, 2.75) is 52.4 Å². The minimum Gasteiger partial charge on any atom is -0.322 e. The Morgan fingerprint density at radius 1 is 0.935 bits per heavy atom. The molecule has 2 aromatic carbocycles. The van der Waals surface area contributed by atoms with E-state index in [1.165, 1.54) is 0 Å². The Morgan fingerprint density at radius 2 is 1.55 bits per heavy atom. The molecule has 1 saturated heterocycles. The van der Waals surface area contributed by atoms with Crippen LogP contribution < -0.4 is 10.6 Å². The third kappa shape index (κ3) is 5.64. The molecule has 0 atom stereocenters. The van der Waals surface area contributed by atoms with Crippen LogP contribution in [0.4, 0.5) is 10.5 Å². The van der Waals surface area contributed by atoms with E-state index < -0.39 is 11.1 Å². The first kappa shape index (κ1) is 22.8. The van der Waals surface area contributed by atoms with Gasteiger partial charge in [-0.3, -0.25) is 19.7 Å². The van der Waals surface area contributed by atoms with Gasteiger partial charge in [0, 0.05) is 11.3 Å². The summed E-state index contributed by atoms with van der Waals surface area (Å²) in [6.45, 7) is 12.9. The summed E-state index contributed by atoms with van der Waals surface area (Å²) in [4.78, 5) is 36.4. The molecule has 0 unspecified atom stereocenters. The molecule has 3 amide bonds. The second-order valence-electron chi connectivity index (χ2n) is 9.73. The molecule has 0 radical (unpaired) electrons. The van der Waals surface area contributed by atoms with E-state index in [1.54, 1.807) is 30.3 Å². The predicted molar refractivity (Wildman–Crippen MR) is 127 cm³/mol. The second-order valence-corrected chi connectivity index (χ2v) is 10.7. The van der Waals surface area contributed by atoms with Gasteiger partial charge in [0.15, 0.2) is 0 Å². The molecule has 1 aliphatic heterocycles. The number of rotatable bonds is 3. The molecule has 1 fully saturated rings. The molecule has 0 bridgehead atoms. The molecule has 0 saturated carbocycles. The van der Waals surface area contributed by atoms with Crippen LogP contribution in [0.15, 0.2) is 47.4 Å². The largest absolute Gasteiger partial charge is 0.322 e. The number of nitrogens with one attached hydrogen (secondary N) is 2. The van der Waals surface area contributed by atoms with Crippen LogP contribution >= 0.6 is 11.8 Å². The van der Waals surface area contributed by atoms with Crippen molar-refractivity contribution in [1.82, 2.24) is 5.32 Å². The highest BCUT2D eigenvalue weighted by atomic mass is 32.2. The maximum absolute atomic E-state index is 13.0. The predicted octanol–water partition coefficient (Wildman–Crippen LogP) is 5.86. The lowest BCUT2D eigenvalue weighted by Crippen LogP contribution is -2.19. The zero-order chi connectivity index (χ0) is 23.0. The van der Waals surface area contributed by atoms with Crippen molar-refractivity contribution in [3.8, 4) is 0 Å². The van der Waals surface area contributed by atoms with E-state index in [0.29, 0.717) is 16.0 Å². The molecule has 3 rings (SSSR count). The van der Waals surface area contributed by atoms with Crippen molar-refractivity contribution < 1.29 is 14.4 Å². The van der Waals surface area contributed by atoms with Crippen LogP contribution in [-0.2, 0) is 15.6 Å². The Morgan fingerprint density at radius 3 is 2.06 bits per heavy atom. The van der Waals surface area contributed by atoms with Gasteiger partial charge >= 0.3 is 0 Å². The SMILES string of the molecule is CC(C)(C)c1cc(NC(=O)c2cccc(/C=C3\SC(=O)NC3=O)c2)cc(C(C)(C)C)c1. The first-order valence-corrected chi connectivity index (χ1v) is 11.0. The Hall–Kier alpha value is -2.86. The summed E-state index contributed by atoms with van der Waals surface area (Å²) in [6, 6.07) is 13.2. The van der Waals surface area contributed by atoms with Crippen molar-refractivity contribution in [1.29, 1.82) is 0 Å². The fraction of sp³-hybridized carbons (Fsp3) is 0.320. The van der Waals surface area contributed by atoms with Gasteiger partial charge in [0.2, 0.25) is 0 Å². The number of anilines is 1. The summed E-state index contributed by atoms with van der Waals surface area (Å²) >= 11 is 0.854. The van der Waals surface area contributed by atoms with Crippen molar-refractivity contribution in [3.05, 3.63) is 69.6 Å². The van der Waals surface area contributed by atoms with Crippen molar-refractivity contribution in [2.24, 2.45) is 0 Å². The Bertz CT molecular complexity index is 1060. The maximum Gasteiger partial charge on any atom is 0.290 e. The maximum atomic E-state index is 13.0. The average molecular weight is 437 g/mol. The van der Waals surface area contributed by atoms with E-state index in [1.807, 2.05) is 12.1 Å². The van der Waals surface area contributed by atoms with E-state index in [-0.39, 0.29) is 16.7 Å². The van der Waals surface area contributed by atoms with Crippen LogP contribution in [0.25, 0.3) is 6.08 Å². The molecule has 2 aromatic rings. The summed E-state index contributed by atoms with van der Waals surface area (Å²) in [5, 5.41) is 4.86. The zero-order valence-corrected chi connectivity index (χ0v) is 19.6. The first-order chi connectivity index (χ1) is 14.3. The van der Waals surface area contributed by atoms with Gasteiger partial charge in [-0.25, -0.2) is 0 Å². The topological polar surface area (TPSA) is 75.3 Å². The zero-order valence-electron chi connectivity index (χ0n) is 18.8. The standard InChI is InChI=1S/C25H28N2O3S/c1-24(2,3)17-12-18(25(4,5)6)14-19(13-17)26-21(28)16-9-7-8-15(10-16)11-20-22(29)27-23(30)31-20/h7-14H,1-6H3,(H,26,28)(H,27,29,30)/b20-11-. The van der Waals surface area contributed by atoms with Gasteiger partial charge in [0.25, 0.3) is 17.1 Å². The van der Waals surface area contributed by atoms with Crippen LogP contribution in [0.5, 0.6) is 0 Å². The molecule has 1 heterocycles. The molecular formula is C25H28N2O3S. The highest BCUT2D eigenvalue weighted by Crippen LogP contribution is 2.32. The Balaban J connectivity index is 1.89. The monoisotopic (exact) mass is 436 g/mol. The number of hydrogen-bond donors (Lipinski definition) is 2. The van der Waals surface area contributed by atoms with Gasteiger partial charge in [-0.05, 0) is 69.6 Å². The van der Waals surface area contributed by atoms with Crippen molar-refractivity contribution >= 4 is 40.6 Å².